The van der Waals surface area contributed by atoms with Gasteiger partial charge in [0.25, 0.3) is 5.91 Å². The van der Waals surface area contributed by atoms with Crippen molar-refractivity contribution in [3.63, 3.8) is 0 Å². The molecule has 35 heavy (non-hydrogen) atoms. The molecule has 4 rings (SSSR count). The van der Waals surface area contributed by atoms with Crippen LogP contribution in [-0.4, -0.2) is 51.5 Å². The lowest BCUT2D eigenvalue weighted by Gasteiger charge is -2.25. The number of hydrogen-bond donors (Lipinski definition) is 2. The first-order chi connectivity index (χ1) is 17.1. The van der Waals surface area contributed by atoms with E-state index in [1.807, 2.05) is 12.1 Å². The van der Waals surface area contributed by atoms with E-state index in [0.717, 1.165) is 37.1 Å². The number of thioether (sulfide) groups is 1. The summed E-state index contributed by atoms with van der Waals surface area (Å²) in [6, 6.07) is 8.87. The average Bonchev–Trinajstić information content (AvgIpc) is 3.35. The van der Waals surface area contributed by atoms with Gasteiger partial charge in [-0.1, -0.05) is 31.0 Å². The number of ether oxygens (including phenoxy) is 2. The number of benzene rings is 1. The minimum absolute atomic E-state index is 0.0768. The summed E-state index contributed by atoms with van der Waals surface area (Å²) in [6.45, 7) is 0. The molecule has 0 aliphatic heterocycles. The highest BCUT2D eigenvalue weighted by Crippen LogP contribution is 2.35. The molecule has 2 amide bonds. The monoisotopic (exact) mass is 496 g/mol. The van der Waals surface area contributed by atoms with Crippen LogP contribution < -0.4 is 20.3 Å². The minimum atomic E-state index is -0.463. The van der Waals surface area contributed by atoms with Crippen molar-refractivity contribution in [2.75, 3.05) is 20.0 Å². The molecule has 11 heteroatoms. The van der Waals surface area contributed by atoms with Gasteiger partial charge in [-0.3, -0.25) is 30.0 Å². The van der Waals surface area contributed by atoms with Gasteiger partial charge in [-0.25, -0.2) is 0 Å². The number of rotatable bonds is 8. The number of methoxy groups -OCH3 is 2. The van der Waals surface area contributed by atoms with Crippen LogP contribution in [0.3, 0.4) is 0 Å². The van der Waals surface area contributed by atoms with E-state index in [4.69, 9.17) is 9.47 Å². The molecule has 10 nitrogen and oxygen atoms in total. The maximum absolute atomic E-state index is 12.5. The predicted molar refractivity (Wildman–Crippen MR) is 131 cm³/mol. The molecular formula is C24H28N6O4S. The van der Waals surface area contributed by atoms with Crippen LogP contribution in [0.1, 0.15) is 48.5 Å². The van der Waals surface area contributed by atoms with Gasteiger partial charge in [0.1, 0.15) is 0 Å². The Morgan fingerprint density at radius 3 is 2.46 bits per heavy atom. The van der Waals surface area contributed by atoms with E-state index >= 15 is 0 Å². The van der Waals surface area contributed by atoms with Gasteiger partial charge in [0.2, 0.25) is 5.91 Å². The maximum atomic E-state index is 12.5. The molecule has 1 aliphatic carbocycles. The SMILES string of the molecule is COc1ccc(C(=O)NNC(=O)CSc2nnc(-c3ccncc3)n2C2CCCCC2)cc1OC. The van der Waals surface area contributed by atoms with Crippen molar-refractivity contribution in [1.29, 1.82) is 0 Å². The fraction of sp³-hybridized carbons (Fsp3) is 0.375. The van der Waals surface area contributed by atoms with Crippen molar-refractivity contribution in [2.24, 2.45) is 0 Å². The second kappa shape index (κ2) is 11.7. The minimum Gasteiger partial charge on any atom is -0.493 e. The molecule has 0 unspecified atom stereocenters. The average molecular weight is 497 g/mol. The van der Waals surface area contributed by atoms with Crippen molar-refractivity contribution < 1.29 is 19.1 Å². The lowest BCUT2D eigenvalue weighted by Crippen LogP contribution is -2.42. The first kappa shape index (κ1) is 24.5. The van der Waals surface area contributed by atoms with E-state index in [-0.39, 0.29) is 17.7 Å². The van der Waals surface area contributed by atoms with Crippen LogP contribution in [0, 0.1) is 0 Å². The van der Waals surface area contributed by atoms with Crippen LogP contribution in [0.5, 0.6) is 11.5 Å². The standard InChI is InChI=1S/C24H28N6O4S/c1-33-19-9-8-17(14-20(19)34-2)23(32)28-26-21(31)15-35-24-29-27-22(16-10-12-25-13-11-16)30(24)18-6-4-3-5-7-18/h8-14,18H,3-7,15H2,1-2H3,(H,26,31)(H,28,32). The Morgan fingerprint density at radius 1 is 1.00 bits per heavy atom. The molecule has 3 aromatic rings. The summed E-state index contributed by atoms with van der Waals surface area (Å²) in [5.74, 6) is 0.978. The number of amides is 2. The molecule has 2 heterocycles. The lowest BCUT2D eigenvalue weighted by molar-refractivity contribution is -0.119. The molecule has 184 valence electrons. The van der Waals surface area contributed by atoms with E-state index < -0.39 is 5.91 Å². The first-order valence-corrected chi connectivity index (χ1v) is 12.4. The zero-order valence-corrected chi connectivity index (χ0v) is 20.5. The second-order valence-electron chi connectivity index (χ2n) is 8.06. The number of aromatic nitrogens is 4. The number of carbonyl (C=O) groups is 2. The molecule has 0 spiro atoms. The van der Waals surface area contributed by atoms with Gasteiger partial charge in [-0.15, -0.1) is 10.2 Å². The Morgan fingerprint density at radius 2 is 1.74 bits per heavy atom. The number of pyridine rings is 1. The number of nitrogens with zero attached hydrogens (tertiary/aromatic N) is 4. The third kappa shape index (κ3) is 5.91. The zero-order valence-electron chi connectivity index (χ0n) is 19.7. The summed E-state index contributed by atoms with van der Waals surface area (Å²) in [5, 5.41) is 9.49. The fourth-order valence-electron chi connectivity index (χ4n) is 4.08. The number of hydrogen-bond acceptors (Lipinski definition) is 8. The molecular weight excluding hydrogens is 468 g/mol. The van der Waals surface area contributed by atoms with Crippen LogP contribution in [-0.2, 0) is 4.79 Å². The highest BCUT2D eigenvalue weighted by atomic mass is 32.2. The van der Waals surface area contributed by atoms with E-state index in [9.17, 15) is 9.59 Å². The van der Waals surface area contributed by atoms with Gasteiger partial charge in [0, 0.05) is 29.6 Å². The van der Waals surface area contributed by atoms with Crippen molar-refractivity contribution in [1.82, 2.24) is 30.6 Å². The molecule has 1 aromatic carbocycles. The maximum Gasteiger partial charge on any atom is 0.269 e. The highest BCUT2D eigenvalue weighted by Gasteiger charge is 2.24. The summed E-state index contributed by atoms with van der Waals surface area (Å²) in [6.07, 6.45) is 9.12. The summed E-state index contributed by atoms with van der Waals surface area (Å²) < 4.78 is 12.5. The Balaban J connectivity index is 1.40. The van der Waals surface area contributed by atoms with E-state index in [1.54, 1.807) is 30.6 Å². The van der Waals surface area contributed by atoms with E-state index in [2.05, 4.69) is 30.6 Å². The second-order valence-corrected chi connectivity index (χ2v) is 9.01. The summed E-state index contributed by atoms with van der Waals surface area (Å²) in [7, 11) is 3.01. The Kier molecular flexibility index (Phi) is 8.19. The lowest BCUT2D eigenvalue weighted by atomic mass is 9.95. The molecule has 0 atom stereocenters. The topological polar surface area (TPSA) is 120 Å². The first-order valence-electron chi connectivity index (χ1n) is 11.4. The Labute approximate surface area is 207 Å². The van der Waals surface area contributed by atoms with Gasteiger partial charge in [-0.2, -0.15) is 0 Å². The van der Waals surface area contributed by atoms with E-state index in [0.29, 0.717) is 22.2 Å². The molecule has 2 aromatic heterocycles. The normalized spacial score (nSPS) is 13.8. The third-order valence-electron chi connectivity index (χ3n) is 5.84. The third-order valence-corrected chi connectivity index (χ3v) is 6.78. The van der Waals surface area contributed by atoms with Crippen molar-refractivity contribution >= 4 is 23.6 Å². The molecule has 0 bridgehead atoms. The van der Waals surface area contributed by atoms with Crippen LogP contribution in [0.15, 0.2) is 47.9 Å². The fourth-order valence-corrected chi connectivity index (χ4v) is 4.89. The van der Waals surface area contributed by atoms with Crippen LogP contribution >= 0.6 is 11.8 Å². The van der Waals surface area contributed by atoms with E-state index in [1.165, 1.54) is 32.4 Å². The molecule has 1 fully saturated rings. The van der Waals surface area contributed by atoms with Gasteiger partial charge in [0.05, 0.1) is 20.0 Å². The van der Waals surface area contributed by atoms with Crippen molar-refractivity contribution in [2.45, 2.75) is 43.3 Å². The van der Waals surface area contributed by atoms with Crippen LogP contribution in [0.25, 0.3) is 11.4 Å². The number of hydrazine groups is 1. The largest absolute Gasteiger partial charge is 0.493 e. The smallest absolute Gasteiger partial charge is 0.269 e. The highest BCUT2D eigenvalue weighted by molar-refractivity contribution is 7.99. The van der Waals surface area contributed by atoms with Crippen molar-refractivity contribution in [3.8, 4) is 22.9 Å². The van der Waals surface area contributed by atoms with Gasteiger partial charge in [0.15, 0.2) is 22.5 Å². The van der Waals surface area contributed by atoms with Gasteiger partial charge >= 0.3 is 0 Å². The molecule has 2 N–H and O–H groups in total. The Hall–Kier alpha value is -3.60. The molecule has 0 radical (unpaired) electrons. The quantitative estimate of drug-likeness (QED) is 0.360. The molecule has 0 saturated heterocycles. The number of nitrogens with one attached hydrogen (secondary N) is 2. The molecule has 1 saturated carbocycles. The summed E-state index contributed by atoms with van der Waals surface area (Å²) in [5.41, 5.74) is 6.16. The van der Waals surface area contributed by atoms with Crippen molar-refractivity contribution in [3.05, 3.63) is 48.3 Å². The molecule has 1 aliphatic rings. The number of carbonyl (C=O) groups excluding carboxylic acids is 2. The predicted octanol–water partition coefficient (Wildman–Crippen LogP) is 3.42. The summed E-state index contributed by atoms with van der Waals surface area (Å²) in [4.78, 5) is 29.0. The summed E-state index contributed by atoms with van der Waals surface area (Å²) >= 11 is 1.30. The Bertz CT molecular complexity index is 1160. The van der Waals surface area contributed by atoms with Gasteiger partial charge < -0.3 is 9.47 Å². The zero-order chi connectivity index (χ0) is 24.6. The van der Waals surface area contributed by atoms with Crippen LogP contribution in [0.4, 0.5) is 0 Å². The van der Waals surface area contributed by atoms with Crippen LogP contribution in [0.2, 0.25) is 0 Å². The van der Waals surface area contributed by atoms with Gasteiger partial charge in [-0.05, 0) is 43.2 Å².